The van der Waals surface area contributed by atoms with E-state index in [1.165, 1.54) is 6.92 Å². The van der Waals surface area contributed by atoms with Crippen LogP contribution in [0.4, 0.5) is 26.3 Å². The summed E-state index contributed by atoms with van der Waals surface area (Å²) in [6.07, 6.45) is -5.93. The summed E-state index contributed by atoms with van der Waals surface area (Å²) in [6, 6.07) is -0.0756. The molecule has 0 bridgehead atoms. The van der Waals surface area contributed by atoms with Crippen molar-refractivity contribution in [3.8, 4) is 0 Å². The fourth-order valence-electron chi connectivity index (χ4n) is 1.69. The van der Waals surface area contributed by atoms with Crippen LogP contribution in [-0.4, -0.2) is 16.9 Å². The largest absolute Gasteiger partial charge is 0.481 e. The van der Waals surface area contributed by atoms with Crippen LogP contribution < -0.4 is 0 Å². The molecule has 1 aromatic rings. The highest BCUT2D eigenvalue weighted by molar-refractivity contribution is 6.08. The molecule has 1 N–H and O–H groups in total. The number of Topliss-reactive ketones (excluding diaryl/α,β-unsaturated/α-hetero) is 1. The van der Waals surface area contributed by atoms with Gasteiger partial charge < -0.3 is 5.11 Å². The minimum absolute atomic E-state index is 0.0756. The Hall–Kier alpha value is -2.06. The van der Waals surface area contributed by atoms with Crippen LogP contribution >= 0.6 is 0 Å². The normalized spacial score (nSPS) is 13.1. The number of carboxylic acid groups (broad SMARTS) is 1. The molecule has 0 aliphatic heterocycles. The summed E-state index contributed by atoms with van der Waals surface area (Å²) in [5.74, 6) is -12.0. The number of hydrogen-bond acceptors (Lipinski definition) is 2. The molecule has 1 aromatic carbocycles. The monoisotopic (exact) mass is 314 g/mol. The van der Waals surface area contributed by atoms with Crippen LogP contribution in [0.5, 0.6) is 0 Å². The van der Waals surface area contributed by atoms with Crippen molar-refractivity contribution in [2.24, 2.45) is 5.92 Å². The first-order chi connectivity index (χ1) is 9.52. The highest BCUT2D eigenvalue weighted by atomic mass is 19.4. The van der Waals surface area contributed by atoms with E-state index < -0.39 is 52.4 Å². The molecule has 9 heteroatoms. The van der Waals surface area contributed by atoms with Crippen LogP contribution in [0, 0.1) is 23.4 Å². The van der Waals surface area contributed by atoms with Crippen LogP contribution in [0.3, 0.4) is 0 Å². The average Bonchev–Trinajstić information content (AvgIpc) is 2.32. The molecule has 0 radical (unpaired) electrons. The number of carboxylic acids is 1. The Labute approximate surface area is 114 Å². The van der Waals surface area contributed by atoms with Gasteiger partial charge in [0.05, 0.1) is 5.56 Å². The third kappa shape index (κ3) is 3.17. The van der Waals surface area contributed by atoms with Gasteiger partial charge in [-0.2, -0.15) is 13.2 Å². The highest BCUT2D eigenvalue weighted by Gasteiger charge is 2.42. The maximum absolute atomic E-state index is 13.7. The van der Waals surface area contributed by atoms with Gasteiger partial charge in [-0.25, -0.2) is 13.2 Å². The zero-order valence-corrected chi connectivity index (χ0v) is 10.4. The standard InChI is InChI=1S/C12H8F6O3/c1-2-4(11(20)21)10(19)5-3-6(13)9(15)7(8(5)14)12(16,17)18/h3-4H,2H2,1H3,(H,20,21). The van der Waals surface area contributed by atoms with Crippen LogP contribution in [0.1, 0.15) is 29.3 Å². The van der Waals surface area contributed by atoms with Gasteiger partial charge in [-0.05, 0) is 12.5 Å². The van der Waals surface area contributed by atoms with Gasteiger partial charge in [0.2, 0.25) is 0 Å². The Morgan fingerprint density at radius 2 is 1.71 bits per heavy atom. The zero-order valence-electron chi connectivity index (χ0n) is 10.4. The number of carbonyl (C=O) groups excluding carboxylic acids is 1. The summed E-state index contributed by atoms with van der Waals surface area (Å²) in [5.41, 5.74) is -4.01. The summed E-state index contributed by atoms with van der Waals surface area (Å²) >= 11 is 0. The highest BCUT2D eigenvalue weighted by Crippen LogP contribution is 2.36. The maximum atomic E-state index is 13.7. The molecular formula is C12H8F6O3. The predicted molar refractivity (Wildman–Crippen MR) is 57.1 cm³/mol. The topological polar surface area (TPSA) is 54.4 Å². The molecule has 1 unspecified atom stereocenters. The molecule has 0 amide bonds. The summed E-state index contributed by atoms with van der Waals surface area (Å²) in [5, 5.41) is 8.72. The van der Waals surface area contributed by atoms with E-state index in [4.69, 9.17) is 5.11 Å². The minimum atomic E-state index is -5.57. The number of ketones is 1. The smallest absolute Gasteiger partial charge is 0.422 e. The van der Waals surface area contributed by atoms with Gasteiger partial charge in [-0.3, -0.25) is 9.59 Å². The van der Waals surface area contributed by atoms with Crippen molar-refractivity contribution in [2.75, 3.05) is 0 Å². The molecule has 0 saturated carbocycles. The number of hydrogen-bond donors (Lipinski definition) is 1. The molecule has 21 heavy (non-hydrogen) atoms. The lowest BCUT2D eigenvalue weighted by molar-refractivity contribution is -0.142. The van der Waals surface area contributed by atoms with Crippen molar-refractivity contribution in [3.63, 3.8) is 0 Å². The Morgan fingerprint density at radius 1 is 1.19 bits per heavy atom. The van der Waals surface area contributed by atoms with Crippen molar-refractivity contribution in [1.82, 2.24) is 0 Å². The first-order valence-electron chi connectivity index (χ1n) is 5.54. The van der Waals surface area contributed by atoms with Crippen molar-refractivity contribution < 1.29 is 41.0 Å². The summed E-state index contributed by atoms with van der Waals surface area (Å²) in [4.78, 5) is 22.5. The van der Waals surface area contributed by atoms with Crippen LogP contribution in [0.15, 0.2) is 6.07 Å². The van der Waals surface area contributed by atoms with E-state index in [0.29, 0.717) is 0 Å². The van der Waals surface area contributed by atoms with E-state index in [0.717, 1.165) is 0 Å². The van der Waals surface area contributed by atoms with E-state index in [-0.39, 0.29) is 12.5 Å². The fraction of sp³-hybridized carbons (Fsp3) is 0.333. The number of benzene rings is 1. The SMILES string of the molecule is CCC(C(=O)O)C(=O)c1cc(F)c(F)c(C(F)(F)F)c1F. The van der Waals surface area contributed by atoms with Gasteiger partial charge in [0.15, 0.2) is 17.4 Å². The first-order valence-corrected chi connectivity index (χ1v) is 5.54. The number of halogens is 6. The molecule has 0 fully saturated rings. The molecule has 1 atom stereocenters. The van der Waals surface area contributed by atoms with E-state index in [1.807, 2.05) is 0 Å². The third-order valence-electron chi connectivity index (χ3n) is 2.73. The summed E-state index contributed by atoms with van der Waals surface area (Å²) in [7, 11) is 0. The lowest BCUT2D eigenvalue weighted by Crippen LogP contribution is -2.26. The molecule has 0 aliphatic rings. The van der Waals surface area contributed by atoms with Crippen LogP contribution in [0.25, 0.3) is 0 Å². The Kier molecular flexibility index (Phi) is 4.65. The maximum Gasteiger partial charge on any atom is 0.422 e. The predicted octanol–water partition coefficient (Wildman–Crippen LogP) is 3.42. The zero-order chi connectivity index (χ0) is 16.5. The lowest BCUT2D eigenvalue weighted by Gasteiger charge is -2.14. The van der Waals surface area contributed by atoms with E-state index in [2.05, 4.69) is 0 Å². The molecule has 0 aliphatic carbocycles. The quantitative estimate of drug-likeness (QED) is 0.401. The molecule has 116 valence electrons. The first kappa shape index (κ1) is 17.0. The van der Waals surface area contributed by atoms with Gasteiger partial charge >= 0.3 is 12.1 Å². The second-order valence-electron chi connectivity index (χ2n) is 4.07. The average molecular weight is 314 g/mol. The van der Waals surface area contributed by atoms with Crippen molar-refractivity contribution in [1.29, 1.82) is 0 Å². The van der Waals surface area contributed by atoms with Crippen molar-refractivity contribution in [2.45, 2.75) is 19.5 Å². The molecule has 0 heterocycles. The number of rotatable bonds is 4. The summed E-state index contributed by atoms with van der Waals surface area (Å²) in [6.45, 7) is 1.22. The second kappa shape index (κ2) is 5.74. The number of alkyl halides is 3. The molecule has 0 saturated heterocycles. The number of aliphatic carboxylic acids is 1. The van der Waals surface area contributed by atoms with E-state index in [9.17, 15) is 35.9 Å². The van der Waals surface area contributed by atoms with Crippen molar-refractivity contribution >= 4 is 11.8 Å². The van der Waals surface area contributed by atoms with Gasteiger partial charge in [0, 0.05) is 0 Å². The molecule has 0 spiro atoms. The second-order valence-corrected chi connectivity index (χ2v) is 4.07. The molecular weight excluding hydrogens is 306 g/mol. The van der Waals surface area contributed by atoms with Crippen LogP contribution in [0.2, 0.25) is 0 Å². The van der Waals surface area contributed by atoms with Crippen LogP contribution in [-0.2, 0) is 11.0 Å². The minimum Gasteiger partial charge on any atom is -0.481 e. The van der Waals surface area contributed by atoms with Gasteiger partial charge in [-0.15, -0.1) is 0 Å². The van der Waals surface area contributed by atoms with Gasteiger partial charge in [-0.1, -0.05) is 6.92 Å². The summed E-state index contributed by atoms with van der Waals surface area (Å²) < 4.78 is 77.4. The van der Waals surface area contributed by atoms with Gasteiger partial charge in [0.25, 0.3) is 0 Å². The van der Waals surface area contributed by atoms with Gasteiger partial charge in [0.1, 0.15) is 17.3 Å². The third-order valence-corrected chi connectivity index (χ3v) is 2.73. The molecule has 1 rings (SSSR count). The molecule has 3 nitrogen and oxygen atoms in total. The fourth-order valence-corrected chi connectivity index (χ4v) is 1.69. The Morgan fingerprint density at radius 3 is 2.10 bits per heavy atom. The lowest BCUT2D eigenvalue weighted by atomic mass is 9.93. The Balaban J connectivity index is 3.56. The number of carbonyl (C=O) groups is 2. The van der Waals surface area contributed by atoms with E-state index in [1.54, 1.807) is 0 Å². The molecule has 0 aromatic heterocycles. The van der Waals surface area contributed by atoms with Crippen molar-refractivity contribution in [3.05, 3.63) is 34.6 Å². The van der Waals surface area contributed by atoms with E-state index >= 15 is 0 Å². The Bertz CT molecular complexity index is 594.